The maximum absolute atomic E-state index is 13.9. The summed E-state index contributed by atoms with van der Waals surface area (Å²) in [6.45, 7) is 6.16. The fourth-order valence-corrected chi connectivity index (χ4v) is 6.77. The molecule has 39 heavy (non-hydrogen) atoms. The molecule has 0 spiro atoms. The van der Waals surface area contributed by atoms with Crippen molar-refractivity contribution >= 4 is 27.5 Å². The molecule has 4 rings (SSSR count). The Morgan fingerprint density at radius 2 is 1.85 bits per heavy atom. The van der Waals surface area contributed by atoms with Crippen molar-refractivity contribution < 1.29 is 31.1 Å². The van der Waals surface area contributed by atoms with Gasteiger partial charge >= 0.3 is 6.18 Å². The lowest BCUT2D eigenvalue weighted by atomic mass is 9.98. The number of piperidine rings is 1. The molecule has 0 aromatic heterocycles. The zero-order chi connectivity index (χ0) is 28.4. The zero-order valence-electron chi connectivity index (χ0n) is 21.9. The van der Waals surface area contributed by atoms with E-state index in [1.54, 1.807) is 11.6 Å². The van der Waals surface area contributed by atoms with Crippen LogP contribution in [0, 0.1) is 13.8 Å². The smallest absolute Gasteiger partial charge is 0.405 e. The molecular weight excluding hydrogens is 555 g/mol. The summed E-state index contributed by atoms with van der Waals surface area (Å²) >= 11 is 6.00. The summed E-state index contributed by atoms with van der Waals surface area (Å²) in [6, 6.07) is 5.15. The fourth-order valence-electron chi connectivity index (χ4n) is 5.02. The van der Waals surface area contributed by atoms with Gasteiger partial charge in [0.25, 0.3) is 0 Å². The van der Waals surface area contributed by atoms with E-state index in [2.05, 4.69) is 10.2 Å². The van der Waals surface area contributed by atoms with Crippen LogP contribution in [-0.4, -0.2) is 51.1 Å². The Kier molecular flexibility index (Phi) is 9.15. The van der Waals surface area contributed by atoms with Crippen molar-refractivity contribution in [2.24, 2.45) is 0 Å². The minimum Gasteiger partial charge on any atom is -0.493 e. The monoisotopic (exact) mass is 587 g/mol. The average molecular weight is 588 g/mol. The summed E-state index contributed by atoms with van der Waals surface area (Å²) in [5, 5.41) is 2.95. The summed E-state index contributed by atoms with van der Waals surface area (Å²) < 4.78 is 74.9. The number of halogens is 4. The highest BCUT2D eigenvalue weighted by molar-refractivity contribution is 7.89. The van der Waals surface area contributed by atoms with Gasteiger partial charge in [-0.05, 0) is 74.7 Å². The van der Waals surface area contributed by atoms with Gasteiger partial charge in [-0.1, -0.05) is 30.2 Å². The number of likely N-dealkylation sites (tertiary alicyclic amines) is 1. The summed E-state index contributed by atoms with van der Waals surface area (Å²) in [6.07, 6.45) is -2.13. The number of amides is 1. The van der Waals surface area contributed by atoms with E-state index >= 15 is 0 Å². The molecule has 0 bridgehead atoms. The Morgan fingerprint density at radius 1 is 1.13 bits per heavy atom. The lowest BCUT2D eigenvalue weighted by Crippen LogP contribution is -2.48. The van der Waals surface area contributed by atoms with E-state index in [0.29, 0.717) is 34.9 Å². The predicted molar refractivity (Wildman–Crippen MR) is 142 cm³/mol. The molecule has 214 valence electrons. The number of nitrogens with zero attached hydrogens (tertiary/aromatic N) is 1. The van der Waals surface area contributed by atoms with E-state index in [-0.39, 0.29) is 10.5 Å². The molecular formula is C27H33ClF3N3O4S. The van der Waals surface area contributed by atoms with E-state index in [0.717, 1.165) is 25.2 Å². The first kappa shape index (κ1) is 29.6. The fraction of sp³-hybridized carbons (Fsp3) is 0.519. The normalized spacial score (nSPS) is 19.2. The summed E-state index contributed by atoms with van der Waals surface area (Å²) in [5.41, 5.74) is 2.36. The number of carbonyl (C=O) groups excluding carboxylic acids is 1. The van der Waals surface area contributed by atoms with Gasteiger partial charge < -0.3 is 10.1 Å². The zero-order valence-corrected chi connectivity index (χ0v) is 23.5. The van der Waals surface area contributed by atoms with Crippen molar-refractivity contribution in [2.45, 2.75) is 75.7 Å². The number of hydrogen-bond acceptors (Lipinski definition) is 5. The molecule has 1 fully saturated rings. The largest absolute Gasteiger partial charge is 0.493 e. The van der Waals surface area contributed by atoms with Crippen LogP contribution in [0.15, 0.2) is 35.2 Å². The Morgan fingerprint density at radius 3 is 2.54 bits per heavy atom. The number of alkyl halides is 3. The molecule has 0 unspecified atom stereocenters. The average Bonchev–Trinajstić information content (AvgIpc) is 2.85. The molecule has 7 nitrogen and oxygen atoms in total. The van der Waals surface area contributed by atoms with Crippen molar-refractivity contribution in [2.75, 3.05) is 19.7 Å². The van der Waals surface area contributed by atoms with Crippen molar-refractivity contribution in [3.05, 3.63) is 57.6 Å². The Labute approximate surface area is 232 Å². The summed E-state index contributed by atoms with van der Waals surface area (Å²) in [7, 11) is -4.59. The van der Waals surface area contributed by atoms with Crippen molar-refractivity contribution in [1.82, 2.24) is 14.9 Å². The molecule has 0 aliphatic carbocycles. The van der Waals surface area contributed by atoms with Crippen molar-refractivity contribution in [3.63, 3.8) is 0 Å². The first-order valence-corrected chi connectivity index (χ1v) is 14.8. The first-order chi connectivity index (χ1) is 18.3. The van der Waals surface area contributed by atoms with Crippen LogP contribution in [0.5, 0.6) is 5.75 Å². The third-order valence-electron chi connectivity index (χ3n) is 7.14. The number of fused-ring (bicyclic) bond motifs is 1. The standard InChI is InChI=1S/C27H33ClF3N3O4S/c1-17-13-24(18(2)12-21(17)28)39(36,37)33-25(27(29,30)31)15-26(35)32-22-8-11-38-23-14-19(6-7-20(22)23)16-34-9-4-3-5-10-34/h6-7,12-14,22,25,33H,3-5,8-11,15-16H2,1-2H3,(H,32,35)/t22-,25+/m1/s1. The molecule has 0 radical (unpaired) electrons. The van der Waals surface area contributed by atoms with E-state index < -0.39 is 40.6 Å². The second kappa shape index (κ2) is 12.0. The van der Waals surface area contributed by atoms with Crippen LogP contribution >= 0.6 is 11.6 Å². The van der Waals surface area contributed by atoms with Crippen LogP contribution in [0.2, 0.25) is 5.02 Å². The van der Waals surface area contributed by atoms with Crippen molar-refractivity contribution in [1.29, 1.82) is 0 Å². The number of rotatable bonds is 8. The molecule has 2 aromatic rings. The molecule has 2 aromatic carbocycles. The highest BCUT2D eigenvalue weighted by Crippen LogP contribution is 2.34. The van der Waals surface area contributed by atoms with Crippen LogP contribution in [0.4, 0.5) is 13.2 Å². The number of benzene rings is 2. The van der Waals surface area contributed by atoms with Gasteiger partial charge in [0, 0.05) is 23.6 Å². The highest BCUT2D eigenvalue weighted by atomic mass is 35.5. The van der Waals surface area contributed by atoms with Gasteiger partial charge in [0.1, 0.15) is 11.8 Å². The molecule has 2 aliphatic heterocycles. The first-order valence-electron chi connectivity index (χ1n) is 13.0. The molecule has 0 saturated carbocycles. The van der Waals surface area contributed by atoms with Crippen molar-refractivity contribution in [3.8, 4) is 5.75 Å². The quantitative estimate of drug-likeness (QED) is 0.444. The van der Waals surface area contributed by atoms with Crippen LogP contribution in [0.3, 0.4) is 0 Å². The van der Waals surface area contributed by atoms with Gasteiger partial charge in [-0.15, -0.1) is 0 Å². The Bertz CT molecular complexity index is 1310. The second-order valence-corrected chi connectivity index (χ2v) is 12.3. The number of ether oxygens (including phenoxy) is 1. The molecule has 1 saturated heterocycles. The van der Waals surface area contributed by atoms with Crippen LogP contribution in [0.25, 0.3) is 0 Å². The number of hydrogen-bond donors (Lipinski definition) is 2. The van der Waals surface area contributed by atoms with Crippen LogP contribution in [-0.2, 0) is 21.4 Å². The van der Waals surface area contributed by atoms with E-state index in [1.807, 2.05) is 18.2 Å². The van der Waals surface area contributed by atoms with Gasteiger partial charge in [0.05, 0.1) is 24.0 Å². The molecule has 2 N–H and O–H groups in total. The van der Waals surface area contributed by atoms with Gasteiger partial charge in [-0.2, -0.15) is 17.9 Å². The van der Waals surface area contributed by atoms with Gasteiger partial charge in [0.2, 0.25) is 15.9 Å². The molecule has 2 aliphatic rings. The third-order valence-corrected chi connectivity index (χ3v) is 9.16. The van der Waals surface area contributed by atoms with Gasteiger partial charge in [-0.3, -0.25) is 9.69 Å². The summed E-state index contributed by atoms with van der Waals surface area (Å²) in [5.74, 6) is -0.318. The maximum Gasteiger partial charge on any atom is 0.405 e. The topological polar surface area (TPSA) is 87.7 Å². The maximum atomic E-state index is 13.9. The molecule has 1 amide bonds. The molecule has 2 heterocycles. The molecule has 12 heteroatoms. The van der Waals surface area contributed by atoms with Crippen LogP contribution in [0.1, 0.15) is 60.4 Å². The lowest BCUT2D eigenvalue weighted by molar-refractivity contribution is -0.158. The second-order valence-electron chi connectivity index (χ2n) is 10.3. The predicted octanol–water partition coefficient (Wildman–Crippen LogP) is 5.18. The number of carbonyl (C=O) groups is 1. The Hall–Kier alpha value is -2.34. The third kappa shape index (κ3) is 7.45. The minimum absolute atomic E-state index is 0.196. The number of nitrogens with one attached hydrogen (secondary N) is 2. The van der Waals surface area contributed by atoms with E-state index in [4.69, 9.17) is 16.3 Å². The number of sulfonamides is 1. The van der Waals surface area contributed by atoms with Crippen LogP contribution < -0.4 is 14.8 Å². The van der Waals surface area contributed by atoms with Gasteiger partial charge in [-0.25, -0.2) is 8.42 Å². The SMILES string of the molecule is Cc1cc(S(=O)(=O)N[C@@H](CC(=O)N[C@@H]2CCOc3cc(CN4CCCCC4)ccc32)C(F)(F)F)c(C)cc1Cl. The highest BCUT2D eigenvalue weighted by Gasteiger charge is 2.44. The molecule has 2 atom stereocenters. The van der Waals surface area contributed by atoms with E-state index in [9.17, 15) is 26.4 Å². The minimum atomic E-state index is -4.99. The number of aryl methyl sites for hydroxylation is 2. The van der Waals surface area contributed by atoms with Gasteiger partial charge in [0.15, 0.2) is 0 Å². The lowest BCUT2D eigenvalue weighted by Gasteiger charge is -2.30. The Balaban J connectivity index is 1.45. The summed E-state index contributed by atoms with van der Waals surface area (Å²) in [4.78, 5) is 14.8. The van der Waals surface area contributed by atoms with E-state index in [1.165, 1.54) is 38.3 Å².